The van der Waals surface area contributed by atoms with Gasteiger partial charge in [0.2, 0.25) is 0 Å². The van der Waals surface area contributed by atoms with Crippen molar-refractivity contribution in [3.05, 3.63) is 0 Å². The Hall–Kier alpha value is -0.160. The molecule has 0 amide bonds. The Labute approximate surface area is 809 Å². The van der Waals surface area contributed by atoms with E-state index in [2.05, 4.69) is 158 Å². The van der Waals surface area contributed by atoms with Crippen molar-refractivity contribution in [3.8, 4) is 0 Å². The minimum Gasteiger partial charge on any atom is -0.294 e. The molecule has 10 atom stereocenters. The second kappa shape index (κ2) is 42.0. The van der Waals surface area contributed by atoms with Gasteiger partial charge in [-0.1, -0.05) is 138 Å². The van der Waals surface area contributed by atoms with Crippen LogP contribution >= 0.6 is 0 Å². The molecule has 130 heavy (non-hydrogen) atoms. The molecule has 4 heteroatoms. The van der Waals surface area contributed by atoms with Gasteiger partial charge in [0.15, 0.2) is 0 Å². The van der Waals surface area contributed by atoms with E-state index in [1.165, 1.54) is 231 Å². The van der Waals surface area contributed by atoms with E-state index in [1.807, 2.05) is 0 Å². The molecule has 0 bridgehead atoms. The van der Waals surface area contributed by atoms with Crippen LogP contribution in [0.1, 0.15) is 537 Å². The summed E-state index contributed by atoms with van der Waals surface area (Å²) in [7, 11) is 0. The Morgan fingerprint density at radius 3 is 0.377 bits per heavy atom. The third-order valence-corrected chi connectivity index (χ3v) is 48.3. The fraction of sp³-hybridized carbons (Fsp3) is 1.00. The zero-order valence-electron chi connectivity index (χ0n) is 90.6. The third kappa shape index (κ3) is 22.6. The monoisotopic (exact) mass is 1790 g/mol. The Bertz CT molecular complexity index is 3020. The Kier molecular flexibility index (Phi) is 32.3. The van der Waals surface area contributed by atoms with E-state index in [1.54, 1.807) is 167 Å². The normalized spacial score (nSPS) is 46.5. The fourth-order valence-electron chi connectivity index (χ4n) is 40.1. The highest BCUT2D eigenvalue weighted by atomic mass is 15.3. The first-order chi connectivity index (χ1) is 62.0. The summed E-state index contributed by atoms with van der Waals surface area (Å²) in [6, 6.07) is 9.57. The topological polar surface area (TPSA) is 13.0 Å². The molecule has 0 aliphatic heterocycles. The molecule has 746 valence electrons. The fourth-order valence-corrected chi connectivity index (χ4v) is 40.1. The van der Waals surface area contributed by atoms with Crippen LogP contribution in [0.3, 0.4) is 0 Å². The van der Waals surface area contributed by atoms with Gasteiger partial charge in [0, 0.05) is 72.5 Å². The molecule has 0 saturated heterocycles. The lowest BCUT2D eigenvalue weighted by molar-refractivity contribution is -0.197. The summed E-state index contributed by atoms with van der Waals surface area (Å²) in [5.41, 5.74) is 2.78. The first kappa shape index (κ1) is 100.0. The van der Waals surface area contributed by atoms with Gasteiger partial charge in [0.05, 0.1) is 0 Å². The van der Waals surface area contributed by atoms with Crippen molar-refractivity contribution in [1.82, 2.24) is 19.6 Å². The Balaban J connectivity index is 0.741. The number of nitrogens with zero attached hydrogens (tertiary/aromatic N) is 4. The summed E-state index contributed by atoms with van der Waals surface area (Å²) in [5, 5.41) is 0. The molecule has 0 radical (unpaired) electrons. The standard InChI is InChI=1S/C126H222N4/c1-83-21-61-103(62-22-83)127(105-65-37-91(38-66-105)85-25-49-97(50-26-85)121(3,4)5)115-81-117(129(107-69-41-93(42-70-107)87-29-53-99(54-30-87)123(9,10)11)108-71-43-94(44-72-108)88-31-55-100(56-32-88)124(12,13)14)113-80-78-112-116(128(104-63-23-84(2)24-64-104)106-67-39-92(40-68-106)86-27-51-98(52-28-86)122(6,7)8)82-118(114-79-77-111(115)119(113)120(112)114)130(109-73-45-95(46-74-109)89-33-57-101(58-34-89)125(15,16)17)110-75-47-96(48-76-110)90-35-59-102(60-36-90)126(18,19)20/h83-120H,21-82H2,1-20H3. The van der Waals surface area contributed by atoms with Gasteiger partial charge >= 0.3 is 0 Å². The molecule has 0 spiro atoms. The van der Waals surface area contributed by atoms with Crippen LogP contribution in [0, 0.1) is 186 Å². The minimum absolute atomic E-state index is 0.462. The first-order valence-electron chi connectivity index (χ1n) is 61.1. The lowest BCUT2D eigenvalue weighted by atomic mass is 9.44. The molecule has 0 aromatic rings. The van der Waals surface area contributed by atoms with Crippen molar-refractivity contribution in [1.29, 1.82) is 0 Å². The van der Waals surface area contributed by atoms with E-state index in [0.29, 0.717) is 32.5 Å². The summed E-state index contributed by atoms with van der Waals surface area (Å²) < 4.78 is 0. The van der Waals surface area contributed by atoms with Crippen LogP contribution in [0.5, 0.6) is 0 Å². The number of rotatable bonds is 18. The van der Waals surface area contributed by atoms with E-state index in [0.717, 1.165) is 226 Å². The van der Waals surface area contributed by atoms with Crippen LogP contribution in [0.25, 0.3) is 0 Å². The highest BCUT2D eigenvalue weighted by Gasteiger charge is 2.66. The van der Waals surface area contributed by atoms with Crippen molar-refractivity contribution in [2.45, 2.75) is 609 Å². The van der Waals surface area contributed by atoms with Crippen molar-refractivity contribution < 1.29 is 0 Å². The molecule has 4 nitrogen and oxygen atoms in total. The van der Waals surface area contributed by atoms with E-state index >= 15 is 0 Å². The molecule has 18 fully saturated rings. The van der Waals surface area contributed by atoms with Crippen LogP contribution < -0.4 is 0 Å². The summed E-state index contributed by atoms with van der Waals surface area (Å²) in [6.07, 6.45) is 95.2. The van der Waals surface area contributed by atoms with Crippen LogP contribution in [0.4, 0.5) is 0 Å². The van der Waals surface area contributed by atoms with Gasteiger partial charge in [-0.3, -0.25) is 19.6 Å². The molecule has 18 rings (SSSR count). The SMILES string of the molecule is CC1CCC(N(C2CCC(C3CCC(C(C)(C)C)CC3)CC2)C2CC(N(C3CCC(C4CCC(C(C)(C)C)CC4)CC3)C3CCC(C4CCC(C(C)(C)C)CC4)CC3)C3CCC4C5C(CCC2C35)C(N(C2CCC(C3CCC(C(C)(C)C)CC3)CC2)C2CCC(C3CCC(C(C)(C)C)CC3)CC2)CC4N(C2CCC(C)CC2)C2CCC(C3CCC(C(C)(C)C)CC3)CC2)CC1. The summed E-state index contributed by atoms with van der Waals surface area (Å²) in [4.78, 5) is 15.1. The Morgan fingerprint density at radius 2 is 0.254 bits per heavy atom. The molecular weight excluding hydrogens is 1570 g/mol. The predicted octanol–water partition coefficient (Wildman–Crippen LogP) is 35.4. The first-order valence-corrected chi connectivity index (χ1v) is 61.1. The lowest BCUT2D eigenvalue weighted by Gasteiger charge is -2.69. The molecule has 0 heterocycles. The molecule has 18 saturated carbocycles. The highest BCUT2D eigenvalue weighted by molar-refractivity contribution is 5.18. The minimum atomic E-state index is 0.462. The van der Waals surface area contributed by atoms with Crippen LogP contribution in [0.15, 0.2) is 0 Å². The molecular formula is C126H222N4. The molecule has 10 unspecified atom stereocenters. The number of hydrogen-bond donors (Lipinski definition) is 0. The molecule has 0 aromatic carbocycles. The van der Waals surface area contributed by atoms with Crippen molar-refractivity contribution >= 4 is 0 Å². The van der Waals surface area contributed by atoms with Crippen LogP contribution in [0.2, 0.25) is 0 Å². The van der Waals surface area contributed by atoms with Gasteiger partial charge in [-0.15, -0.1) is 0 Å². The maximum Gasteiger partial charge on any atom is 0.0147 e. The van der Waals surface area contributed by atoms with Gasteiger partial charge in [0.25, 0.3) is 0 Å². The van der Waals surface area contributed by atoms with Gasteiger partial charge < -0.3 is 0 Å². The lowest BCUT2D eigenvalue weighted by Crippen LogP contribution is -2.72. The van der Waals surface area contributed by atoms with Crippen molar-refractivity contribution in [3.63, 3.8) is 0 Å². The zero-order chi connectivity index (χ0) is 91.1. The van der Waals surface area contributed by atoms with Gasteiger partial charge in [-0.25, -0.2) is 0 Å². The van der Waals surface area contributed by atoms with Gasteiger partial charge in [0.1, 0.15) is 0 Å². The third-order valence-electron chi connectivity index (χ3n) is 48.3. The maximum absolute atomic E-state index is 3.79. The number of hydrogen-bond acceptors (Lipinski definition) is 4. The van der Waals surface area contributed by atoms with Crippen LogP contribution in [-0.4, -0.2) is 92.1 Å². The highest BCUT2D eigenvalue weighted by Crippen LogP contribution is 2.67. The van der Waals surface area contributed by atoms with Crippen LogP contribution in [-0.2, 0) is 0 Å². The predicted molar refractivity (Wildman–Crippen MR) is 558 cm³/mol. The second-order valence-corrected chi connectivity index (χ2v) is 60.6. The van der Waals surface area contributed by atoms with E-state index in [-0.39, 0.29) is 0 Å². The van der Waals surface area contributed by atoms with Crippen molar-refractivity contribution in [2.24, 2.45) is 186 Å². The maximum atomic E-state index is 3.79. The van der Waals surface area contributed by atoms with E-state index in [4.69, 9.17) is 0 Å². The van der Waals surface area contributed by atoms with Gasteiger partial charge in [-0.2, -0.15) is 0 Å². The molecule has 18 aliphatic rings. The average molecular weight is 1790 g/mol. The smallest absolute Gasteiger partial charge is 0.0147 e. The van der Waals surface area contributed by atoms with E-state index in [9.17, 15) is 0 Å². The second-order valence-electron chi connectivity index (χ2n) is 60.6. The van der Waals surface area contributed by atoms with Crippen molar-refractivity contribution in [2.75, 3.05) is 0 Å². The van der Waals surface area contributed by atoms with E-state index < -0.39 is 0 Å². The largest absolute Gasteiger partial charge is 0.294 e. The summed E-state index contributed by atoms with van der Waals surface area (Å²) in [5.74, 6) is 24.6. The molecule has 18 aliphatic carbocycles. The molecule has 0 N–H and O–H groups in total. The van der Waals surface area contributed by atoms with Gasteiger partial charge in [-0.05, 0) is 584 Å². The quantitative estimate of drug-likeness (QED) is 0.136. The molecule has 0 aromatic heterocycles. The summed E-state index contributed by atoms with van der Waals surface area (Å²) >= 11 is 0. The zero-order valence-corrected chi connectivity index (χ0v) is 90.6. The summed E-state index contributed by atoms with van der Waals surface area (Å²) in [6.45, 7) is 52.0. The Morgan fingerprint density at radius 1 is 0.138 bits per heavy atom. The average Bonchev–Trinajstić information content (AvgIpc) is 0.697.